The summed E-state index contributed by atoms with van der Waals surface area (Å²) in [7, 11) is 0. The van der Waals surface area contributed by atoms with E-state index >= 15 is 0 Å². The third-order valence-electron chi connectivity index (χ3n) is 4.15. The monoisotopic (exact) mass is 181 g/mol. The van der Waals surface area contributed by atoms with E-state index in [1.54, 1.807) is 0 Å². The molecule has 2 aliphatic carbocycles. The van der Waals surface area contributed by atoms with E-state index in [1.807, 2.05) is 13.8 Å². The van der Waals surface area contributed by atoms with Crippen molar-refractivity contribution in [3.63, 3.8) is 0 Å². The molecule has 0 radical (unpaired) electrons. The van der Waals surface area contributed by atoms with Crippen LogP contribution in [-0.2, 0) is 0 Å². The van der Waals surface area contributed by atoms with Gasteiger partial charge in [0.15, 0.2) is 0 Å². The zero-order valence-electron chi connectivity index (χ0n) is 9.34. The summed E-state index contributed by atoms with van der Waals surface area (Å²) in [6.45, 7) is 9.32. The molecule has 2 saturated carbocycles. The first-order valence-corrected chi connectivity index (χ1v) is 6.02. The lowest BCUT2D eigenvalue weighted by Gasteiger charge is -2.36. The molecule has 0 aromatic carbocycles. The van der Waals surface area contributed by atoms with Crippen LogP contribution in [0.5, 0.6) is 0 Å². The van der Waals surface area contributed by atoms with Crippen molar-refractivity contribution in [3.8, 4) is 0 Å². The molecule has 0 bridgehead atoms. The summed E-state index contributed by atoms with van der Waals surface area (Å²) in [6, 6.07) is 1.000. The zero-order valence-corrected chi connectivity index (χ0v) is 9.34. The zero-order chi connectivity index (χ0) is 9.47. The minimum atomic E-state index is 0.773. The molecule has 2 unspecified atom stereocenters. The van der Waals surface area contributed by atoms with Gasteiger partial charge < -0.3 is 0 Å². The Morgan fingerprint density at radius 2 is 1.92 bits per heavy atom. The van der Waals surface area contributed by atoms with Crippen molar-refractivity contribution < 1.29 is 0 Å². The van der Waals surface area contributed by atoms with Crippen LogP contribution in [0.25, 0.3) is 0 Å². The summed E-state index contributed by atoms with van der Waals surface area (Å²) < 4.78 is 0. The Balaban J connectivity index is 0.000000308. The van der Waals surface area contributed by atoms with Crippen LogP contribution >= 0.6 is 0 Å². The Bertz CT molecular complexity index is 186. The number of rotatable bonds is 1. The van der Waals surface area contributed by atoms with E-state index in [9.17, 15) is 0 Å². The van der Waals surface area contributed by atoms with Crippen molar-refractivity contribution in [2.24, 2.45) is 11.3 Å². The van der Waals surface area contributed by atoms with Crippen LogP contribution < -0.4 is 0 Å². The summed E-state index contributed by atoms with van der Waals surface area (Å²) in [6.07, 6.45) is 5.99. The standard InChI is InChI=1S/C10H17N.C2H6/c1-10-5-8(10)6-11(7-10)9-3-2-4-9;1-2/h8-9H,2-7H2,1H3;1-2H3. The van der Waals surface area contributed by atoms with Gasteiger partial charge in [-0.25, -0.2) is 0 Å². The molecule has 0 N–H and O–H groups in total. The summed E-state index contributed by atoms with van der Waals surface area (Å²) in [5.41, 5.74) is 0.773. The van der Waals surface area contributed by atoms with Gasteiger partial charge in [0.1, 0.15) is 0 Å². The molecule has 0 aromatic heterocycles. The molecule has 1 aliphatic heterocycles. The largest absolute Gasteiger partial charge is 0.300 e. The SMILES string of the molecule is CC.CC12CC1CN(C1CCC1)C2. The Hall–Kier alpha value is -0.0400. The summed E-state index contributed by atoms with van der Waals surface area (Å²) in [4.78, 5) is 2.75. The van der Waals surface area contributed by atoms with E-state index in [4.69, 9.17) is 0 Å². The molecule has 1 heterocycles. The van der Waals surface area contributed by atoms with Gasteiger partial charge in [0.2, 0.25) is 0 Å². The lowest BCUT2D eigenvalue weighted by molar-refractivity contribution is 0.136. The van der Waals surface area contributed by atoms with Crippen molar-refractivity contribution in [2.45, 2.75) is 52.5 Å². The first-order chi connectivity index (χ1) is 6.28. The molecular weight excluding hydrogens is 158 g/mol. The molecule has 3 rings (SSSR count). The predicted octanol–water partition coefficient (Wildman–Crippen LogP) is 2.91. The third-order valence-corrected chi connectivity index (χ3v) is 4.15. The van der Waals surface area contributed by atoms with E-state index in [-0.39, 0.29) is 0 Å². The number of likely N-dealkylation sites (tertiary alicyclic amines) is 1. The number of hydrogen-bond donors (Lipinski definition) is 0. The summed E-state index contributed by atoms with van der Waals surface area (Å²) >= 11 is 0. The van der Waals surface area contributed by atoms with Gasteiger partial charge in [0.25, 0.3) is 0 Å². The fourth-order valence-corrected chi connectivity index (χ4v) is 2.82. The molecule has 0 amide bonds. The van der Waals surface area contributed by atoms with E-state index in [0.717, 1.165) is 17.4 Å². The Morgan fingerprint density at radius 3 is 2.31 bits per heavy atom. The summed E-state index contributed by atoms with van der Waals surface area (Å²) in [5.74, 6) is 1.09. The van der Waals surface area contributed by atoms with E-state index < -0.39 is 0 Å². The van der Waals surface area contributed by atoms with Gasteiger partial charge in [-0.2, -0.15) is 0 Å². The molecule has 0 aromatic rings. The van der Waals surface area contributed by atoms with Crippen molar-refractivity contribution in [2.75, 3.05) is 13.1 Å². The maximum atomic E-state index is 2.75. The molecule has 1 nitrogen and oxygen atoms in total. The van der Waals surface area contributed by atoms with Crippen LogP contribution in [0, 0.1) is 11.3 Å². The molecule has 3 fully saturated rings. The van der Waals surface area contributed by atoms with Gasteiger partial charge in [-0.05, 0) is 30.6 Å². The van der Waals surface area contributed by atoms with Crippen LogP contribution in [0.3, 0.4) is 0 Å². The van der Waals surface area contributed by atoms with Crippen molar-refractivity contribution in [1.82, 2.24) is 4.90 Å². The second-order valence-corrected chi connectivity index (χ2v) is 5.07. The third kappa shape index (κ3) is 1.52. The topological polar surface area (TPSA) is 3.24 Å². The van der Waals surface area contributed by atoms with Crippen LogP contribution in [0.1, 0.15) is 46.5 Å². The normalized spacial score (nSPS) is 43.2. The molecule has 76 valence electrons. The minimum absolute atomic E-state index is 0.773. The number of nitrogens with zero attached hydrogens (tertiary/aromatic N) is 1. The lowest BCUT2D eigenvalue weighted by atomic mass is 9.91. The van der Waals surface area contributed by atoms with Crippen LogP contribution in [0.4, 0.5) is 0 Å². The predicted molar refractivity (Wildman–Crippen MR) is 56.8 cm³/mol. The second-order valence-electron chi connectivity index (χ2n) is 5.07. The highest BCUT2D eigenvalue weighted by Crippen LogP contribution is 2.58. The average molecular weight is 181 g/mol. The fraction of sp³-hybridized carbons (Fsp3) is 1.00. The Morgan fingerprint density at radius 1 is 1.23 bits per heavy atom. The van der Waals surface area contributed by atoms with Gasteiger partial charge in [-0.15, -0.1) is 0 Å². The molecule has 13 heavy (non-hydrogen) atoms. The highest BCUT2D eigenvalue weighted by Gasteiger charge is 2.57. The van der Waals surface area contributed by atoms with Crippen molar-refractivity contribution in [1.29, 1.82) is 0 Å². The highest BCUT2D eigenvalue weighted by atomic mass is 15.2. The smallest absolute Gasteiger partial charge is 0.00956 e. The molecule has 3 aliphatic rings. The van der Waals surface area contributed by atoms with Gasteiger partial charge in [0, 0.05) is 19.1 Å². The first kappa shape index (κ1) is 9.51. The number of piperidine rings is 1. The van der Waals surface area contributed by atoms with Crippen LogP contribution in [0.15, 0.2) is 0 Å². The van der Waals surface area contributed by atoms with Gasteiger partial charge in [0.05, 0.1) is 0 Å². The fourth-order valence-electron chi connectivity index (χ4n) is 2.82. The van der Waals surface area contributed by atoms with E-state index in [1.165, 1.54) is 38.8 Å². The Kier molecular flexibility index (Phi) is 2.39. The average Bonchev–Trinajstić information content (AvgIpc) is 2.52. The quantitative estimate of drug-likeness (QED) is 0.601. The van der Waals surface area contributed by atoms with Crippen molar-refractivity contribution in [3.05, 3.63) is 0 Å². The molecule has 1 saturated heterocycles. The molecule has 1 heteroatoms. The summed E-state index contributed by atoms with van der Waals surface area (Å²) in [5, 5.41) is 0. The van der Waals surface area contributed by atoms with E-state index in [0.29, 0.717) is 0 Å². The lowest BCUT2D eigenvalue weighted by Crippen LogP contribution is -2.40. The van der Waals surface area contributed by atoms with Crippen molar-refractivity contribution >= 4 is 0 Å². The number of fused-ring (bicyclic) bond motifs is 1. The van der Waals surface area contributed by atoms with Gasteiger partial charge in [-0.1, -0.05) is 27.2 Å². The second kappa shape index (κ2) is 3.27. The van der Waals surface area contributed by atoms with Crippen LogP contribution in [-0.4, -0.2) is 24.0 Å². The first-order valence-electron chi connectivity index (χ1n) is 6.02. The molecule has 0 spiro atoms. The maximum absolute atomic E-state index is 2.75. The molecule has 2 atom stereocenters. The minimum Gasteiger partial charge on any atom is -0.300 e. The van der Waals surface area contributed by atoms with Crippen LogP contribution in [0.2, 0.25) is 0 Å². The number of hydrogen-bond acceptors (Lipinski definition) is 1. The van der Waals surface area contributed by atoms with Gasteiger partial charge in [-0.3, -0.25) is 4.90 Å². The van der Waals surface area contributed by atoms with Gasteiger partial charge >= 0.3 is 0 Å². The highest BCUT2D eigenvalue weighted by molar-refractivity contribution is 5.09. The Labute approximate surface area is 82.5 Å². The van der Waals surface area contributed by atoms with E-state index in [2.05, 4.69) is 11.8 Å². The maximum Gasteiger partial charge on any atom is 0.00956 e. The molecular formula is C12H23N.